The molecule has 168 valence electrons. The van der Waals surface area contributed by atoms with Crippen molar-refractivity contribution in [2.24, 2.45) is 0 Å². The van der Waals surface area contributed by atoms with E-state index in [1.165, 1.54) is 23.8 Å². The van der Waals surface area contributed by atoms with Gasteiger partial charge in [0.2, 0.25) is 0 Å². The summed E-state index contributed by atoms with van der Waals surface area (Å²) in [7, 11) is 0. The lowest BCUT2D eigenvalue weighted by Gasteiger charge is -2.34. The fourth-order valence-corrected chi connectivity index (χ4v) is 5.24. The van der Waals surface area contributed by atoms with Gasteiger partial charge in [-0.1, -0.05) is 42.5 Å². The van der Waals surface area contributed by atoms with Crippen LogP contribution in [0.1, 0.15) is 16.7 Å². The van der Waals surface area contributed by atoms with Crippen molar-refractivity contribution in [2.75, 3.05) is 12.3 Å². The Morgan fingerprint density at radius 1 is 1.06 bits per heavy atom. The van der Waals surface area contributed by atoms with E-state index in [0.717, 1.165) is 23.1 Å². The highest BCUT2D eigenvalue weighted by molar-refractivity contribution is 5.81. The minimum absolute atomic E-state index is 0.205. The van der Waals surface area contributed by atoms with Gasteiger partial charge in [0.15, 0.2) is 17.2 Å². The van der Waals surface area contributed by atoms with E-state index in [9.17, 15) is 15.3 Å². The summed E-state index contributed by atoms with van der Waals surface area (Å²) in [4.78, 5) is 12.7. The third-order valence-electron chi connectivity index (χ3n) is 6.86. The summed E-state index contributed by atoms with van der Waals surface area (Å²) < 4.78 is 7.83. The van der Waals surface area contributed by atoms with E-state index in [0.29, 0.717) is 11.2 Å². The van der Waals surface area contributed by atoms with Crippen LogP contribution in [0.5, 0.6) is 0 Å². The van der Waals surface area contributed by atoms with Crippen molar-refractivity contribution in [3.05, 3.63) is 71.8 Å². The smallest absolute Gasteiger partial charge is 0.180 e. The minimum Gasteiger partial charge on any atom is -0.394 e. The monoisotopic (exact) mass is 445 g/mol. The van der Waals surface area contributed by atoms with E-state index in [1.54, 1.807) is 4.57 Å². The van der Waals surface area contributed by atoms with Gasteiger partial charge < -0.3 is 25.8 Å². The number of rotatable bonds is 4. The Morgan fingerprint density at radius 2 is 1.88 bits per heavy atom. The van der Waals surface area contributed by atoms with Gasteiger partial charge in [0.25, 0.3) is 0 Å². The molecule has 33 heavy (non-hydrogen) atoms. The highest BCUT2D eigenvalue weighted by Crippen LogP contribution is 2.44. The van der Waals surface area contributed by atoms with E-state index in [4.69, 9.17) is 10.5 Å². The second kappa shape index (κ2) is 7.32. The molecule has 4 aromatic rings. The van der Waals surface area contributed by atoms with Gasteiger partial charge in [-0.3, -0.25) is 4.57 Å². The summed E-state index contributed by atoms with van der Waals surface area (Å²) in [6.07, 6.45) is 0.202. The molecular weight excluding hydrogens is 422 g/mol. The number of nitrogens with two attached hydrogens (primary N) is 1. The van der Waals surface area contributed by atoms with E-state index < -0.39 is 30.6 Å². The Kier molecular flexibility index (Phi) is 4.49. The topological polar surface area (TPSA) is 140 Å². The van der Waals surface area contributed by atoms with Gasteiger partial charge in [-0.2, -0.15) is 0 Å². The van der Waals surface area contributed by atoms with Gasteiger partial charge in [-0.05, 0) is 34.2 Å². The van der Waals surface area contributed by atoms with Crippen LogP contribution in [0, 0.1) is 0 Å². The molecule has 6 rings (SSSR count). The molecular formula is C24H23N5O4. The predicted molar refractivity (Wildman–Crippen MR) is 120 cm³/mol. The molecule has 3 heterocycles. The molecule has 9 heteroatoms. The summed E-state index contributed by atoms with van der Waals surface area (Å²) in [6.45, 7) is -0.442. The molecule has 1 fully saturated rings. The van der Waals surface area contributed by atoms with Crippen LogP contribution in [0.2, 0.25) is 0 Å². The van der Waals surface area contributed by atoms with Crippen LogP contribution in [0.25, 0.3) is 22.3 Å². The Bertz CT molecular complexity index is 1370. The number of anilines is 1. The van der Waals surface area contributed by atoms with Crippen LogP contribution in [-0.2, 0) is 23.3 Å². The molecule has 0 saturated carbocycles. The van der Waals surface area contributed by atoms with Crippen LogP contribution in [0.3, 0.4) is 0 Å². The fourth-order valence-electron chi connectivity index (χ4n) is 5.24. The molecule has 5 N–H and O–H groups in total. The maximum Gasteiger partial charge on any atom is 0.180 e. The van der Waals surface area contributed by atoms with Crippen LogP contribution in [-0.4, -0.2) is 59.8 Å². The second-order valence-corrected chi connectivity index (χ2v) is 8.62. The number of nitrogens with zero attached hydrogens (tertiary/aromatic N) is 4. The second-order valence-electron chi connectivity index (χ2n) is 8.62. The minimum atomic E-state index is -1.45. The number of fused-ring (bicyclic) bond motifs is 4. The molecule has 4 atom stereocenters. The predicted octanol–water partition coefficient (Wildman–Crippen LogP) is 0.988. The number of aliphatic hydroxyl groups excluding tert-OH is 3. The quantitative estimate of drug-likeness (QED) is 0.321. The summed E-state index contributed by atoms with van der Waals surface area (Å²) in [5, 5.41) is 31.8. The molecule has 0 amide bonds. The van der Waals surface area contributed by atoms with Gasteiger partial charge in [-0.15, -0.1) is 0 Å². The fraction of sp³-hybridized carbons (Fsp3) is 0.292. The first-order valence-corrected chi connectivity index (χ1v) is 10.8. The number of aliphatic hydroxyl groups is 3. The average Bonchev–Trinajstić information content (AvgIpc) is 3.50. The largest absolute Gasteiger partial charge is 0.394 e. The van der Waals surface area contributed by atoms with E-state index in [2.05, 4.69) is 33.2 Å². The highest BCUT2D eigenvalue weighted by Gasteiger charge is 2.56. The normalized spacial score (nSPS) is 26.0. The van der Waals surface area contributed by atoms with Crippen molar-refractivity contribution < 1.29 is 20.1 Å². The number of hydrogen-bond acceptors (Lipinski definition) is 8. The van der Waals surface area contributed by atoms with Gasteiger partial charge in [-0.25, -0.2) is 15.0 Å². The third kappa shape index (κ3) is 2.83. The van der Waals surface area contributed by atoms with E-state index in [1.807, 2.05) is 24.3 Å². The van der Waals surface area contributed by atoms with Crippen molar-refractivity contribution >= 4 is 17.0 Å². The van der Waals surface area contributed by atoms with Crippen molar-refractivity contribution in [2.45, 2.75) is 36.9 Å². The Labute approximate surface area is 189 Å². The van der Waals surface area contributed by atoms with Crippen molar-refractivity contribution in [1.29, 1.82) is 0 Å². The van der Waals surface area contributed by atoms with Crippen molar-refractivity contribution in [1.82, 2.24) is 19.5 Å². The van der Waals surface area contributed by atoms with Gasteiger partial charge in [0.05, 0.1) is 12.9 Å². The molecule has 0 spiro atoms. The first kappa shape index (κ1) is 20.3. The van der Waals surface area contributed by atoms with E-state index in [-0.39, 0.29) is 12.2 Å². The number of ether oxygens (including phenoxy) is 1. The number of nitrogen functional groups attached to an aromatic ring is 1. The maximum absolute atomic E-state index is 11.3. The lowest BCUT2D eigenvalue weighted by Crippen LogP contribution is -2.47. The molecule has 2 aliphatic rings. The summed E-state index contributed by atoms with van der Waals surface area (Å²) >= 11 is 0. The SMILES string of the molecule is Nc1ncnc2c1ncn2[C@]1(Cc2cccc3c2Cc2ccccc2-3)O[C@H](CO)[C@@H](O)[C@H]1O. The van der Waals surface area contributed by atoms with Crippen molar-refractivity contribution in [3.8, 4) is 11.1 Å². The molecule has 0 bridgehead atoms. The summed E-state index contributed by atoms with van der Waals surface area (Å²) in [5.74, 6) is 0.205. The summed E-state index contributed by atoms with van der Waals surface area (Å²) in [6, 6.07) is 14.4. The molecule has 2 aromatic carbocycles. The zero-order valence-electron chi connectivity index (χ0n) is 17.7. The number of hydrogen-bond donors (Lipinski definition) is 4. The molecule has 0 unspecified atom stereocenters. The Hall–Kier alpha value is -3.37. The highest BCUT2D eigenvalue weighted by atomic mass is 16.6. The first-order valence-electron chi connectivity index (χ1n) is 10.8. The molecule has 0 radical (unpaired) electrons. The molecule has 1 aliphatic heterocycles. The van der Waals surface area contributed by atoms with E-state index >= 15 is 0 Å². The van der Waals surface area contributed by atoms with Gasteiger partial charge in [0.1, 0.15) is 30.2 Å². The molecule has 1 saturated heterocycles. The number of aromatic nitrogens is 4. The Balaban J connectivity index is 1.52. The van der Waals surface area contributed by atoms with Crippen LogP contribution < -0.4 is 5.73 Å². The first-order chi connectivity index (χ1) is 16.0. The zero-order valence-corrected chi connectivity index (χ0v) is 17.7. The Morgan fingerprint density at radius 3 is 2.70 bits per heavy atom. The zero-order chi connectivity index (χ0) is 22.7. The number of imidazole rings is 1. The third-order valence-corrected chi connectivity index (χ3v) is 6.86. The lowest BCUT2D eigenvalue weighted by atomic mass is 9.90. The van der Waals surface area contributed by atoms with Gasteiger partial charge in [0, 0.05) is 6.42 Å². The van der Waals surface area contributed by atoms with Gasteiger partial charge >= 0.3 is 0 Å². The molecule has 2 aromatic heterocycles. The average molecular weight is 445 g/mol. The lowest BCUT2D eigenvalue weighted by molar-refractivity contribution is -0.145. The molecule has 9 nitrogen and oxygen atoms in total. The van der Waals surface area contributed by atoms with Crippen LogP contribution in [0.4, 0.5) is 5.82 Å². The maximum atomic E-state index is 11.3. The molecule has 1 aliphatic carbocycles. The number of benzene rings is 2. The van der Waals surface area contributed by atoms with Crippen LogP contribution >= 0.6 is 0 Å². The van der Waals surface area contributed by atoms with Crippen molar-refractivity contribution in [3.63, 3.8) is 0 Å². The standard InChI is InChI=1S/C24H23N5O4/c25-22-19-23(27-11-26-22)29(12-28-19)24(21(32)20(31)18(10-30)33-24)9-14-5-3-7-16-15-6-2-1-4-13(15)8-17(14)16/h1-7,11-12,18,20-21,30-32H,8-10H2,(H2,25,26,27)/t18-,20-,21-,24-/m1/s1. The summed E-state index contributed by atoms with van der Waals surface area (Å²) in [5.41, 5.74) is 11.0. The van der Waals surface area contributed by atoms with Crippen LogP contribution in [0.15, 0.2) is 55.1 Å².